The minimum Gasteiger partial charge on any atom is -0.508 e. The Morgan fingerprint density at radius 1 is 1.17 bits per heavy atom. The minimum absolute atomic E-state index is 0.207. The third-order valence-corrected chi connectivity index (χ3v) is 2.49. The number of benzene rings is 2. The summed E-state index contributed by atoms with van der Waals surface area (Å²) in [5.74, 6) is 0.714. The Balaban J connectivity index is 2.34. The van der Waals surface area contributed by atoms with Crippen LogP contribution in [0.2, 0.25) is 0 Å². The lowest BCUT2D eigenvalue weighted by atomic mass is 10.2. The fraction of sp³-hybridized carbons (Fsp3) is 0.0714. The number of methoxy groups -OCH3 is 1. The van der Waals surface area contributed by atoms with E-state index in [9.17, 15) is 5.11 Å². The number of aromatic hydroxyl groups is 1. The van der Waals surface area contributed by atoms with Crippen molar-refractivity contribution in [3.8, 4) is 17.6 Å². The van der Waals surface area contributed by atoms with Gasteiger partial charge in [-0.25, -0.2) is 0 Å². The third-order valence-electron chi connectivity index (χ3n) is 2.49. The highest BCUT2D eigenvalue weighted by atomic mass is 16.5. The number of para-hydroxylation sites is 1. The van der Waals surface area contributed by atoms with E-state index < -0.39 is 0 Å². The lowest BCUT2D eigenvalue weighted by Crippen LogP contribution is -1.96. The van der Waals surface area contributed by atoms with Gasteiger partial charge in [0.1, 0.15) is 11.8 Å². The zero-order chi connectivity index (χ0) is 13.0. The molecule has 0 bridgehead atoms. The van der Waals surface area contributed by atoms with E-state index in [2.05, 4.69) is 11.4 Å². The molecule has 0 amide bonds. The lowest BCUT2D eigenvalue weighted by molar-refractivity contribution is 0.415. The highest BCUT2D eigenvalue weighted by Crippen LogP contribution is 2.31. The Kier molecular flexibility index (Phi) is 3.35. The van der Waals surface area contributed by atoms with Gasteiger partial charge < -0.3 is 15.2 Å². The SMILES string of the molecule is COc1c(C#N)cccc1Nc1ccc(O)cc1. The largest absolute Gasteiger partial charge is 0.508 e. The van der Waals surface area contributed by atoms with Crippen molar-refractivity contribution in [2.75, 3.05) is 12.4 Å². The number of nitrogens with zero attached hydrogens (tertiary/aromatic N) is 1. The number of phenolic OH excluding ortho intramolecular Hbond substituents is 1. The molecule has 0 spiro atoms. The van der Waals surface area contributed by atoms with Crippen LogP contribution in [0.25, 0.3) is 0 Å². The Bertz CT molecular complexity index is 586. The number of hydrogen-bond donors (Lipinski definition) is 2. The maximum Gasteiger partial charge on any atom is 0.160 e. The molecule has 90 valence electrons. The smallest absolute Gasteiger partial charge is 0.160 e. The molecule has 0 unspecified atom stereocenters. The van der Waals surface area contributed by atoms with Crippen LogP contribution in [0, 0.1) is 11.3 Å². The summed E-state index contributed by atoms with van der Waals surface area (Å²) >= 11 is 0. The predicted molar refractivity (Wildman–Crippen MR) is 69.1 cm³/mol. The second-order valence-electron chi connectivity index (χ2n) is 3.67. The van der Waals surface area contributed by atoms with Gasteiger partial charge in [0.25, 0.3) is 0 Å². The van der Waals surface area contributed by atoms with Crippen molar-refractivity contribution in [3.63, 3.8) is 0 Å². The van der Waals surface area contributed by atoms with Crippen LogP contribution in [-0.4, -0.2) is 12.2 Å². The Hall–Kier alpha value is -2.67. The predicted octanol–water partition coefficient (Wildman–Crippen LogP) is 3.02. The van der Waals surface area contributed by atoms with E-state index >= 15 is 0 Å². The van der Waals surface area contributed by atoms with Crippen LogP contribution in [0.1, 0.15) is 5.56 Å². The van der Waals surface area contributed by atoms with Crippen LogP contribution >= 0.6 is 0 Å². The molecule has 2 aromatic carbocycles. The van der Waals surface area contributed by atoms with E-state index in [4.69, 9.17) is 10.00 Å². The average molecular weight is 240 g/mol. The van der Waals surface area contributed by atoms with E-state index in [0.29, 0.717) is 17.0 Å². The van der Waals surface area contributed by atoms with Crippen molar-refractivity contribution in [1.29, 1.82) is 5.26 Å². The zero-order valence-corrected chi connectivity index (χ0v) is 9.84. The highest BCUT2D eigenvalue weighted by molar-refractivity contribution is 5.70. The van der Waals surface area contributed by atoms with Gasteiger partial charge in [0, 0.05) is 5.69 Å². The fourth-order valence-electron chi connectivity index (χ4n) is 1.64. The summed E-state index contributed by atoms with van der Waals surface area (Å²) in [7, 11) is 1.53. The summed E-state index contributed by atoms with van der Waals surface area (Å²) in [6, 6.07) is 14.0. The van der Waals surface area contributed by atoms with E-state index in [1.165, 1.54) is 7.11 Å². The topological polar surface area (TPSA) is 65.3 Å². The number of nitrogens with one attached hydrogen (secondary N) is 1. The maximum atomic E-state index is 9.21. The molecule has 2 rings (SSSR count). The van der Waals surface area contributed by atoms with Gasteiger partial charge in [-0.05, 0) is 36.4 Å². The molecule has 4 heteroatoms. The normalized spacial score (nSPS) is 9.56. The van der Waals surface area contributed by atoms with Crippen molar-refractivity contribution in [2.45, 2.75) is 0 Å². The van der Waals surface area contributed by atoms with Gasteiger partial charge in [0.05, 0.1) is 18.4 Å². The fourth-order valence-corrected chi connectivity index (χ4v) is 1.64. The number of anilines is 2. The van der Waals surface area contributed by atoms with Gasteiger partial charge in [-0.2, -0.15) is 5.26 Å². The summed E-state index contributed by atoms with van der Waals surface area (Å²) in [5, 5.41) is 21.3. The molecular weight excluding hydrogens is 228 g/mol. The van der Waals surface area contributed by atoms with Gasteiger partial charge in [-0.1, -0.05) is 6.07 Å². The van der Waals surface area contributed by atoms with Crippen LogP contribution < -0.4 is 10.1 Å². The molecule has 0 aliphatic carbocycles. The van der Waals surface area contributed by atoms with Crippen LogP contribution in [-0.2, 0) is 0 Å². The number of ether oxygens (including phenoxy) is 1. The van der Waals surface area contributed by atoms with Crippen molar-refractivity contribution in [2.24, 2.45) is 0 Å². The molecule has 18 heavy (non-hydrogen) atoms. The number of nitriles is 1. The maximum absolute atomic E-state index is 9.21. The van der Waals surface area contributed by atoms with Gasteiger partial charge >= 0.3 is 0 Å². The summed E-state index contributed by atoms with van der Waals surface area (Å²) in [5.41, 5.74) is 1.99. The summed E-state index contributed by atoms with van der Waals surface area (Å²) in [6.07, 6.45) is 0. The van der Waals surface area contributed by atoms with E-state index in [-0.39, 0.29) is 5.75 Å². The average Bonchev–Trinajstić information content (AvgIpc) is 2.41. The Labute approximate surface area is 105 Å². The van der Waals surface area contributed by atoms with Crippen LogP contribution in [0.15, 0.2) is 42.5 Å². The molecule has 0 radical (unpaired) electrons. The molecule has 0 atom stereocenters. The number of phenols is 1. The Morgan fingerprint density at radius 3 is 2.50 bits per heavy atom. The first kappa shape index (κ1) is 11.8. The molecular formula is C14H12N2O2. The van der Waals surface area contributed by atoms with Crippen LogP contribution in [0.4, 0.5) is 11.4 Å². The number of hydrogen-bond acceptors (Lipinski definition) is 4. The molecule has 4 nitrogen and oxygen atoms in total. The second-order valence-corrected chi connectivity index (χ2v) is 3.67. The van der Waals surface area contributed by atoms with Crippen molar-refractivity contribution >= 4 is 11.4 Å². The minimum atomic E-state index is 0.207. The monoisotopic (exact) mass is 240 g/mol. The van der Waals surface area contributed by atoms with E-state index in [1.54, 1.807) is 36.4 Å². The van der Waals surface area contributed by atoms with Gasteiger partial charge in [0.2, 0.25) is 0 Å². The highest BCUT2D eigenvalue weighted by Gasteiger charge is 2.08. The quantitative estimate of drug-likeness (QED) is 0.809. The molecule has 0 aromatic heterocycles. The first-order chi connectivity index (χ1) is 8.74. The molecule has 2 N–H and O–H groups in total. The van der Waals surface area contributed by atoms with Crippen molar-refractivity contribution in [1.82, 2.24) is 0 Å². The second kappa shape index (κ2) is 5.11. The molecule has 2 aromatic rings. The van der Waals surface area contributed by atoms with Crippen molar-refractivity contribution < 1.29 is 9.84 Å². The first-order valence-corrected chi connectivity index (χ1v) is 5.37. The molecule has 0 saturated carbocycles. The van der Waals surface area contributed by atoms with Crippen molar-refractivity contribution in [3.05, 3.63) is 48.0 Å². The van der Waals surface area contributed by atoms with E-state index in [1.807, 2.05) is 6.07 Å². The van der Waals surface area contributed by atoms with Gasteiger partial charge in [-0.15, -0.1) is 0 Å². The summed E-state index contributed by atoms with van der Waals surface area (Å²) in [6.45, 7) is 0. The molecule has 0 saturated heterocycles. The first-order valence-electron chi connectivity index (χ1n) is 5.37. The van der Waals surface area contributed by atoms with Gasteiger partial charge in [0.15, 0.2) is 5.75 Å². The van der Waals surface area contributed by atoms with Crippen LogP contribution in [0.3, 0.4) is 0 Å². The molecule has 0 aliphatic rings. The standard InChI is InChI=1S/C14H12N2O2/c1-18-14-10(9-15)3-2-4-13(14)16-11-5-7-12(17)8-6-11/h2-8,16-17H,1H3. The Morgan fingerprint density at radius 2 is 1.89 bits per heavy atom. The summed E-state index contributed by atoms with van der Waals surface area (Å²) < 4.78 is 5.23. The van der Waals surface area contributed by atoms with Crippen LogP contribution in [0.5, 0.6) is 11.5 Å². The third kappa shape index (κ3) is 2.36. The number of rotatable bonds is 3. The molecule has 0 fully saturated rings. The van der Waals surface area contributed by atoms with E-state index in [0.717, 1.165) is 5.69 Å². The van der Waals surface area contributed by atoms with Gasteiger partial charge in [-0.3, -0.25) is 0 Å². The summed E-state index contributed by atoms with van der Waals surface area (Å²) in [4.78, 5) is 0. The zero-order valence-electron chi connectivity index (χ0n) is 9.84. The lowest BCUT2D eigenvalue weighted by Gasteiger charge is -2.12. The molecule has 0 aliphatic heterocycles. The molecule has 0 heterocycles.